The Morgan fingerprint density at radius 1 is 1.03 bits per heavy atom. The van der Waals surface area contributed by atoms with Gasteiger partial charge in [-0.25, -0.2) is 4.79 Å². The van der Waals surface area contributed by atoms with E-state index in [9.17, 15) is 14.4 Å². The summed E-state index contributed by atoms with van der Waals surface area (Å²) < 4.78 is 11.1. The maximum atomic E-state index is 13.6. The van der Waals surface area contributed by atoms with E-state index in [4.69, 9.17) is 15.2 Å². The number of hydrogen-bond acceptors (Lipinski definition) is 6. The Kier molecular flexibility index (Phi) is 8.81. The summed E-state index contributed by atoms with van der Waals surface area (Å²) in [6.07, 6.45) is -0.0282. The highest BCUT2D eigenvalue weighted by molar-refractivity contribution is 5.93. The number of nitrogen functional groups attached to an aromatic ring is 1. The fraction of sp³-hybridized carbons (Fsp3) is 0.464. The van der Waals surface area contributed by atoms with Crippen molar-refractivity contribution < 1.29 is 23.9 Å². The van der Waals surface area contributed by atoms with Crippen LogP contribution in [-0.4, -0.2) is 53.1 Å². The van der Waals surface area contributed by atoms with E-state index in [2.05, 4.69) is 10.6 Å². The Hall–Kier alpha value is -3.59. The average molecular weight is 511 g/mol. The monoisotopic (exact) mass is 510 g/mol. The summed E-state index contributed by atoms with van der Waals surface area (Å²) in [4.78, 5) is 40.8. The molecule has 1 aliphatic rings. The van der Waals surface area contributed by atoms with Crippen molar-refractivity contribution in [3.05, 3.63) is 65.2 Å². The first kappa shape index (κ1) is 28.0. The smallest absolute Gasteiger partial charge is 0.408 e. The average Bonchev–Trinajstić information content (AvgIpc) is 2.81. The number of nitrogens with zero attached hydrogens (tertiary/aromatic N) is 1. The molecule has 0 spiro atoms. The van der Waals surface area contributed by atoms with Crippen molar-refractivity contribution in [2.75, 3.05) is 18.9 Å². The quantitative estimate of drug-likeness (QED) is 0.469. The summed E-state index contributed by atoms with van der Waals surface area (Å²) in [6, 6.07) is 14.4. The van der Waals surface area contributed by atoms with E-state index in [-0.39, 0.29) is 12.5 Å². The molecule has 9 heteroatoms. The topological polar surface area (TPSA) is 123 Å². The molecule has 0 aliphatic carbocycles. The van der Waals surface area contributed by atoms with Gasteiger partial charge in [0.2, 0.25) is 11.8 Å². The fourth-order valence-electron chi connectivity index (χ4n) is 3.98. The van der Waals surface area contributed by atoms with Gasteiger partial charge in [0.25, 0.3) is 0 Å². The number of benzene rings is 2. The van der Waals surface area contributed by atoms with Gasteiger partial charge in [-0.15, -0.1) is 0 Å². The van der Waals surface area contributed by atoms with Gasteiger partial charge < -0.3 is 30.7 Å². The molecule has 1 aliphatic heterocycles. The molecule has 1 heterocycles. The first-order chi connectivity index (χ1) is 17.3. The van der Waals surface area contributed by atoms with Crippen LogP contribution >= 0.6 is 0 Å². The van der Waals surface area contributed by atoms with E-state index in [1.54, 1.807) is 39.5 Å². The van der Waals surface area contributed by atoms with Crippen molar-refractivity contribution in [1.29, 1.82) is 0 Å². The van der Waals surface area contributed by atoms with Gasteiger partial charge in [-0.05, 0) is 69.9 Å². The van der Waals surface area contributed by atoms with E-state index in [1.165, 1.54) is 0 Å². The maximum Gasteiger partial charge on any atom is 0.408 e. The molecule has 1 atom stereocenters. The standard InChI is InChI=1S/C28H38N4O5/c1-27(2,3)37-26(35)31-28(4,5)25(34)30-23(18-36-17-19-9-7-6-8-10-19)24(33)32-14-13-20-11-12-22(29)15-21(20)16-32/h6-12,15,23H,13-14,16-18,29H2,1-5H3,(H,30,34)(H,31,35)/t23-/m1/s1. The molecule has 0 unspecified atom stereocenters. The molecule has 3 amide bonds. The summed E-state index contributed by atoms with van der Waals surface area (Å²) in [6.45, 7) is 9.50. The summed E-state index contributed by atoms with van der Waals surface area (Å²) in [7, 11) is 0. The van der Waals surface area contributed by atoms with E-state index in [1.807, 2.05) is 48.5 Å². The molecular weight excluding hydrogens is 472 g/mol. The number of rotatable bonds is 8. The highest BCUT2D eigenvalue weighted by Crippen LogP contribution is 2.22. The molecule has 0 bridgehead atoms. The number of carbonyl (C=O) groups is 3. The number of carbonyl (C=O) groups excluding carboxylic acids is 3. The highest BCUT2D eigenvalue weighted by atomic mass is 16.6. The molecule has 2 aromatic carbocycles. The SMILES string of the molecule is CC(C)(C)OC(=O)NC(C)(C)C(=O)N[C@H](COCc1ccccc1)C(=O)N1CCc2ccc(N)cc2C1. The number of nitrogens with one attached hydrogen (secondary N) is 2. The van der Waals surface area contributed by atoms with Crippen molar-refractivity contribution in [2.24, 2.45) is 0 Å². The van der Waals surface area contributed by atoms with Crippen molar-refractivity contribution in [1.82, 2.24) is 15.5 Å². The largest absolute Gasteiger partial charge is 0.444 e. The molecule has 37 heavy (non-hydrogen) atoms. The number of ether oxygens (including phenoxy) is 2. The minimum Gasteiger partial charge on any atom is -0.444 e. The second-order valence-corrected chi connectivity index (χ2v) is 10.8. The minimum atomic E-state index is -1.33. The van der Waals surface area contributed by atoms with Gasteiger partial charge >= 0.3 is 6.09 Å². The van der Waals surface area contributed by atoms with E-state index >= 15 is 0 Å². The van der Waals surface area contributed by atoms with Gasteiger partial charge in [0, 0.05) is 18.8 Å². The van der Waals surface area contributed by atoms with Crippen LogP contribution in [0.1, 0.15) is 51.3 Å². The Bertz CT molecular complexity index is 1110. The molecule has 9 nitrogen and oxygen atoms in total. The van der Waals surface area contributed by atoms with Gasteiger partial charge in [-0.2, -0.15) is 0 Å². The zero-order valence-electron chi connectivity index (χ0n) is 22.3. The highest BCUT2D eigenvalue weighted by Gasteiger charge is 2.36. The number of hydrogen-bond donors (Lipinski definition) is 3. The Labute approximate surface area is 218 Å². The lowest BCUT2D eigenvalue weighted by Gasteiger charge is -2.34. The Morgan fingerprint density at radius 2 is 1.73 bits per heavy atom. The molecular formula is C28H38N4O5. The van der Waals surface area contributed by atoms with E-state index in [0.717, 1.165) is 16.7 Å². The predicted octanol–water partition coefficient (Wildman–Crippen LogP) is 3.16. The molecule has 0 fully saturated rings. The maximum absolute atomic E-state index is 13.6. The lowest BCUT2D eigenvalue weighted by atomic mass is 9.98. The fourth-order valence-corrected chi connectivity index (χ4v) is 3.98. The third kappa shape index (κ3) is 8.21. The van der Waals surface area contributed by atoms with Crippen LogP contribution < -0.4 is 16.4 Å². The third-order valence-corrected chi connectivity index (χ3v) is 5.93. The molecule has 200 valence electrons. The van der Waals surface area contributed by atoms with Crippen molar-refractivity contribution >= 4 is 23.6 Å². The Morgan fingerprint density at radius 3 is 2.41 bits per heavy atom. The number of alkyl carbamates (subject to hydrolysis) is 1. The van der Waals surface area contributed by atoms with Crippen molar-refractivity contribution in [3.63, 3.8) is 0 Å². The first-order valence-corrected chi connectivity index (χ1v) is 12.4. The molecule has 3 rings (SSSR count). The molecule has 0 saturated heterocycles. The normalized spacial score (nSPS) is 14.4. The number of amides is 3. The van der Waals surface area contributed by atoms with Crippen LogP contribution in [0.25, 0.3) is 0 Å². The summed E-state index contributed by atoms with van der Waals surface area (Å²) >= 11 is 0. The number of fused-ring (bicyclic) bond motifs is 1. The second-order valence-electron chi connectivity index (χ2n) is 10.8. The van der Waals surface area contributed by atoms with Crippen LogP contribution in [0.2, 0.25) is 0 Å². The second kappa shape index (κ2) is 11.6. The summed E-state index contributed by atoms with van der Waals surface area (Å²) in [5.74, 6) is -0.788. The van der Waals surface area contributed by atoms with Crippen LogP contribution in [0.3, 0.4) is 0 Å². The molecule has 0 radical (unpaired) electrons. The van der Waals surface area contributed by atoms with Crippen LogP contribution in [0, 0.1) is 0 Å². The lowest BCUT2D eigenvalue weighted by Crippen LogP contribution is -2.60. The summed E-state index contributed by atoms with van der Waals surface area (Å²) in [5.41, 5.74) is 7.64. The van der Waals surface area contributed by atoms with Crippen molar-refractivity contribution in [3.8, 4) is 0 Å². The van der Waals surface area contributed by atoms with Gasteiger partial charge in [-0.3, -0.25) is 9.59 Å². The lowest BCUT2D eigenvalue weighted by molar-refractivity contribution is -0.140. The van der Waals surface area contributed by atoms with Gasteiger partial charge in [0.15, 0.2) is 0 Å². The molecule has 0 aromatic heterocycles. The predicted molar refractivity (Wildman–Crippen MR) is 141 cm³/mol. The van der Waals surface area contributed by atoms with Gasteiger partial charge in [-0.1, -0.05) is 36.4 Å². The number of nitrogens with two attached hydrogens (primary N) is 1. The molecule has 4 N–H and O–H groups in total. The minimum absolute atomic E-state index is 0.0255. The van der Waals surface area contributed by atoms with Crippen LogP contribution in [-0.2, 0) is 38.6 Å². The van der Waals surface area contributed by atoms with Crippen LogP contribution in [0.4, 0.5) is 10.5 Å². The molecule has 2 aromatic rings. The molecule has 0 saturated carbocycles. The Balaban J connectivity index is 1.72. The van der Waals surface area contributed by atoms with Crippen LogP contribution in [0.5, 0.6) is 0 Å². The van der Waals surface area contributed by atoms with Gasteiger partial charge in [0.1, 0.15) is 17.2 Å². The summed E-state index contributed by atoms with van der Waals surface area (Å²) in [5, 5.41) is 5.38. The zero-order chi connectivity index (χ0) is 27.2. The third-order valence-electron chi connectivity index (χ3n) is 5.93. The first-order valence-electron chi connectivity index (χ1n) is 12.4. The van der Waals surface area contributed by atoms with E-state index < -0.39 is 29.2 Å². The van der Waals surface area contributed by atoms with Gasteiger partial charge in [0.05, 0.1) is 13.2 Å². The van der Waals surface area contributed by atoms with E-state index in [0.29, 0.717) is 31.8 Å². The van der Waals surface area contributed by atoms with Crippen LogP contribution in [0.15, 0.2) is 48.5 Å². The zero-order valence-corrected chi connectivity index (χ0v) is 22.3. The number of anilines is 1. The van der Waals surface area contributed by atoms with Crippen molar-refractivity contribution in [2.45, 2.75) is 71.4 Å².